The third kappa shape index (κ3) is 4.70. The fraction of sp³-hybridized carbons (Fsp3) is 0.400. The number of aryl methyl sites for hydroxylation is 1. The van der Waals surface area contributed by atoms with Crippen molar-refractivity contribution in [1.82, 2.24) is 14.8 Å². The van der Waals surface area contributed by atoms with Crippen LogP contribution in [0.2, 0.25) is 0 Å². The van der Waals surface area contributed by atoms with Crippen molar-refractivity contribution in [1.29, 1.82) is 0 Å². The van der Waals surface area contributed by atoms with Gasteiger partial charge in [-0.25, -0.2) is 0 Å². The fourth-order valence-corrected chi connectivity index (χ4v) is 4.16. The minimum absolute atomic E-state index is 0.274. The number of benzene rings is 2. The average molecular weight is 390 g/mol. The number of piperazine rings is 1. The van der Waals surface area contributed by atoms with Crippen LogP contribution in [0, 0.1) is 0 Å². The number of hydrogen-bond donors (Lipinski definition) is 1. The molecule has 4 rings (SSSR count). The summed E-state index contributed by atoms with van der Waals surface area (Å²) in [5.74, 6) is 0.846. The van der Waals surface area contributed by atoms with E-state index in [1.54, 1.807) is 0 Å². The summed E-state index contributed by atoms with van der Waals surface area (Å²) in [4.78, 5) is 20.5. The van der Waals surface area contributed by atoms with Gasteiger partial charge in [0.1, 0.15) is 0 Å². The van der Waals surface area contributed by atoms with Crippen LogP contribution in [-0.2, 0) is 17.8 Å². The lowest BCUT2D eigenvalue weighted by Gasteiger charge is -2.35. The van der Waals surface area contributed by atoms with E-state index in [4.69, 9.17) is 0 Å². The molecule has 0 spiro atoms. The Labute approximate surface area is 173 Å². The van der Waals surface area contributed by atoms with Crippen LogP contribution in [0.1, 0.15) is 42.9 Å². The molecule has 4 heteroatoms. The number of carbonyl (C=O) groups excluding carboxylic acids is 1. The molecular formula is C25H31N3O. The summed E-state index contributed by atoms with van der Waals surface area (Å²) in [6.45, 7) is 8.98. The molecule has 152 valence electrons. The van der Waals surface area contributed by atoms with Crippen LogP contribution in [0.5, 0.6) is 0 Å². The van der Waals surface area contributed by atoms with Gasteiger partial charge in [-0.05, 0) is 35.1 Å². The normalized spacial score (nSPS) is 15.3. The summed E-state index contributed by atoms with van der Waals surface area (Å²) >= 11 is 0. The Morgan fingerprint density at radius 1 is 1.00 bits per heavy atom. The molecule has 1 fully saturated rings. The zero-order valence-corrected chi connectivity index (χ0v) is 17.5. The number of nitrogens with one attached hydrogen (secondary N) is 1. The summed E-state index contributed by atoms with van der Waals surface area (Å²) < 4.78 is 0. The third-order valence-corrected chi connectivity index (χ3v) is 6.06. The molecule has 0 aliphatic carbocycles. The maximum Gasteiger partial charge on any atom is 0.222 e. The maximum absolute atomic E-state index is 12.7. The van der Waals surface area contributed by atoms with Crippen molar-refractivity contribution in [2.24, 2.45) is 0 Å². The predicted octanol–water partition coefficient (Wildman–Crippen LogP) is 4.57. The molecule has 3 aromatic rings. The SMILES string of the molecule is CC(C)c1ccc(CN2CCN(C(=O)CCc3c[nH]c4ccccc34)CC2)cc1. The van der Waals surface area contributed by atoms with E-state index >= 15 is 0 Å². The number of aromatic amines is 1. The smallest absolute Gasteiger partial charge is 0.222 e. The van der Waals surface area contributed by atoms with Crippen molar-refractivity contribution >= 4 is 16.8 Å². The van der Waals surface area contributed by atoms with Gasteiger partial charge in [0.2, 0.25) is 5.91 Å². The highest BCUT2D eigenvalue weighted by Gasteiger charge is 2.21. The molecule has 29 heavy (non-hydrogen) atoms. The number of aromatic nitrogens is 1. The van der Waals surface area contributed by atoms with E-state index in [9.17, 15) is 4.79 Å². The van der Waals surface area contributed by atoms with Gasteiger partial charge in [-0.15, -0.1) is 0 Å². The lowest BCUT2D eigenvalue weighted by molar-refractivity contribution is -0.132. The molecule has 1 amide bonds. The van der Waals surface area contributed by atoms with Crippen LogP contribution in [0.15, 0.2) is 54.7 Å². The second-order valence-corrected chi connectivity index (χ2v) is 8.41. The highest BCUT2D eigenvalue weighted by atomic mass is 16.2. The first-order valence-electron chi connectivity index (χ1n) is 10.7. The van der Waals surface area contributed by atoms with Crippen LogP contribution >= 0.6 is 0 Å². The molecule has 0 bridgehead atoms. The number of hydrogen-bond acceptors (Lipinski definition) is 2. The van der Waals surface area contributed by atoms with Gasteiger partial charge in [-0.1, -0.05) is 56.3 Å². The van der Waals surface area contributed by atoms with Gasteiger partial charge in [0.05, 0.1) is 0 Å². The van der Waals surface area contributed by atoms with Gasteiger partial charge < -0.3 is 9.88 Å². The third-order valence-electron chi connectivity index (χ3n) is 6.06. The Morgan fingerprint density at radius 2 is 1.72 bits per heavy atom. The van der Waals surface area contributed by atoms with E-state index in [-0.39, 0.29) is 5.91 Å². The van der Waals surface area contributed by atoms with E-state index in [0.29, 0.717) is 12.3 Å². The number of carbonyl (C=O) groups is 1. The van der Waals surface area contributed by atoms with Gasteiger partial charge in [-0.3, -0.25) is 9.69 Å². The molecule has 4 nitrogen and oxygen atoms in total. The number of amides is 1. The van der Waals surface area contributed by atoms with E-state index < -0.39 is 0 Å². The van der Waals surface area contributed by atoms with Crippen molar-refractivity contribution in [3.63, 3.8) is 0 Å². The quantitative estimate of drug-likeness (QED) is 0.671. The summed E-state index contributed by atoms with van der Waals surface area (Å²) in [5, 5.41) is 1.23. The molecule has 1 N–H and O–H groups in total. The molecule has 0 radical (unpaired) electrons. The highest BCUT2D eigenvalue weighted by Crippen LogP contribution is 2.20. The Morgan fingerprint density at radius 3 is 2.45 bits per heavy atom. The zero-order chi connectivity index (χ0) is 20.2. The van der Waals surface area contributed by atoms with Gasteiger partial charge >= 0.3 is 0 Å². The zero-order valence-electron chi connectivity index (χ0n) is 17.5. The molecule has 2 aromatic carbocycles. The largest absolute Gasteiger partial charge is 0.361 e. The van der Waals surface area contributed by atoms with Crippen molar-refractivity contribution in [2.75, 3.05) is 26.2 Å². The highest BCUT2D eigenvalue weighted by molar-refractivity contribution is 5.84. The first kappa shape index (κ1) is 19.7. The Hall–Kier alpha value is -2.59. The first-order valence-corrected chi connectivity index (χ1v) is 10.7. The van der Waals surface area contributed by atoms with Crippen molar-refractivity contribution in [2.45, 2.75) is 39.2 Å². The van der Waals surface area contributed by atoms with Crippen molar-refractivity contribution in [3.8, 4) is 0 Å². The van der Waals surface area contributed by atoms with Crippen LogP contribution in [0.25, 0.3) is 10.9 Å². The number of para-hydroxylation sites is 1. The van der Waals surface area contributed by atoms with Crippen LogP contribution < -0.4 is 0 Å². The van der Waals surface area contributed by atoms with E-state index in [0.717, 1.165) is 44.7 Å². The Balaban J connectivity index is 1.25. The monoisotopic (exact) mass is 389 g/mol. The molecule has 0 unspecified atom stereocenters. The van der Waals surface area contributed by atoms with Crippen LogP contribution in [0.4, 0.5) is 0 Å². The lowest BCUT2D eigenvalue weighted by atomic mass is 10.0. The van der Waals surface area contributed by atoms with Gasteiger partial charge in [0.15, 0.2) is 0 Å². The summed E-state index contributed by atoms with van der Waals surface area (Å²) in [7, 11) is 0. The molecular weight excluding hydrogens is 358 g/mol. The van der Waals surface area contributed by atoms with E-state index in [2.05, 4.69) is 66.2 Å². The first-order chi connectivity index (χ1) is 14.1. The minimum Gasteiger partial charge on any atom is -0.361 e. The second-order valence-electron chi connectivity index (χ2n) is 8.41. The summed E-state index contributed by atoms with van der Waals surface area (Å²) in [6, 6.07) is 17.3. The average Bonchev–Trinajstić information content (AvgIpc) is 3.16. The Bertz CT molecular complexity index is 950. The number of fused-ring (bicyclic) bond motifs is 1. The van der Waals surface area contributed by atoms with Gasteiger partial charge in [0.25, 0.3) is 0 Å². The van der Waals surface area contributed by atoms with E-state index in [1.807, 2.05) is 17.2 Å². The minimum atomic E-state index is 0.274. The number of rotatable bonds is 6. The molecule has 0 atom stereocenters. The predicted molar refractivity (Wildman–Crippen MR) is 119 cm³/mol. The molecule has 1 aliphatic heterocycles. The topological polar surface area (TPSA) is 39.3 Å². The standard InChI is InChI=1S/C25H31N3O/c1-19(2)21-9-7-20(8-10-21)18-27-13-15-28(16-14-27)25(29)12-11-22-17-26-24-6-4-3-5-23(22)24/h3-10,17,19,26H,11-16,18H2,1-2H3. The fourth-order valence-electron chi connectivity index (χ4n) is 4.16. The van der Waals surface area contributed by atoms with Crippen molar-refractivity contribution < 1.29 is 4.79 Å². The summed E-state index contributed by atoms with van der Waals surface area (Å²) in [5.41, 5.74) is 5.12. The lowest BCUT2D eigenvalue weighted by Crippen LogP contribution is -2.48. The van der Waals surface area contributed by atoms with Crippen LogP contribution in [-0.4, -0.2) is 46.9 Å². The number of H-pyrrole nitrogens is 1. The van der Waals surface area contributed by atoms with Gasteiger partial charge in [0, 0.05) is 56.2 Å². The Kier molecular flexibility index (Phi) is 6.00. The molecule has 2 heterocycles. The summed E-state index contributed by atoms with van der Waals surface area (Å²) in [6.07, 6.45) is 3.42. The second kappa shape index (κ2) is 8.83. The number of nitrogens with zero attached hydrogens (tertiary/aromatic N) is 2. The molecule has 1 aliphatic rings. The maximum atomic E-state index is 12.7. The van der Waals surface area contributed by atoms with Gasteiger partial charge in [-0.2, -0.15) is 0 Å². The van der Waals surface area contributed by atoms with Crippen molar-refractivity contribution in [3.05, 3.63) is 71.4 Å². The van der Waals surface area contributed by atoms with E-state index in [1.165, 1.54) is 22.1 Å². The van der Waals surface area contributed by atoms with Crippen LogP contribution in [0.3, 0.4) is 0 Å². The molecule has 0 saturated carbocycles. The molecule has 1 saturated heterocycles. The molecule has 1 aromatic heterocycles.